The molecule has 5 heteroatoms. The Morgan fingerprint density at radius 3 is 2.94 bits per heavy atom. The van der Waals surface area contributed by atoms with E-state index in [2.05, 4.69) is 4.98 Å². The second-order valence-electron chi connectivity index (χ2n) is 4.73. The van der Waals surface area contributed by atoms with Crippen LogP contribution in [0.4, 0.5) is 0 Å². The molecule has 0 radical (unpaired) electrons. The smallest absolute Gasteiger partial charge is 0.313 e. The monoisotopic (exact) mass is 264 g/mol. The van der Waals surface area contributed by atoms with Gasteiger partial charge in [0.25, 0.3) is 0 Å². The zero-order chi connectivity index (χ0) is 13.2. The predicted molar refractivity (Wildman–Crippen MR) is 71.3 cm³/mol. The summed E-state index contributed by atoms with van der Waals surface area (Å²) in [6.45, 7) is 4.29. The molecule has 4 nitrogen and oxygen atoms in total. The van der Waals surface area contributed by atoms with Crippen molar-refractivity contribution in [2.75, 3.05) is 7.11 Å². The first-order valence-electron chi connectivity index (χ1n) is 5.68. The van der Waals surface area contributed by atoms with E-state index in [-0.39, 0.29) is 5.97 Å². The summed E-state index contributed by atoms with van der Waals surface area (Å²) in [6, 6.07) is 4.01. The van der Waals surface area contributed by atoms with Crippen LogP contribution in [0.3, 0.4) is 0 Å². The number of imidazole rings is 1. The summed E-state index contributed by atoms with van der Waals surface area (Å²) in [5.74, 6) is 0.676. The van der Waals surface area contributed by atoms with Gasteiger partial charge >= 0.3 is 5.97 Å². The average Bonchev–Trinajstić information content (AvgIpc) is 2.97. The third-order valence-corrected chi connectivity index (χ3v) is 3.63. The van der Waals surface area contributed by atoms with E-state index in [0.29, 0.717) is 6.54 Å². The number of methoxy groups -OCH3 is 1. The molecular formula is C13H16N2O2S. The van der Waals surface area contributed by atoms with Gasteiger partial charge in [-0.25, -0.2) is 4.98 Å². The molecule has 2 heterocycles. The van der Waals surface area contributed by atoms with Crippen molar-refractivity contribution in [3.05, 3.63) is 29.9 Å². The number of hydrogen-bond donors (Lipinski definition) is 0. The van der Waals surface area contributed by atoms with Crippen molar-refractivity contribution in [2.45, 2.75) is 20.4 Å². The molecule has 0 atom stereocenters. The van der Waals surface area contributed by atoms with Crippen molar-refractivity contribution in [1.82, 2.24) is 9.55 Å². The topological polar surface area (TPSA) is 44.1 Å². The van der Waals surface area contributed by atoms with E-state index in [1.54, 1.807) is 17.5 Å². The second-order valence-corrected chi connectivity index (χ2v) is 5.68. The largest absolute Gasteiger partial charge is 0.469 e. The molecule has 2 rings (SSSR count). The lowest BCUT2D eigenvalue weighted by atomic mass is 9.93. The van der Waals surface area contributed by atoms with Crippen molar-refractivity contribution < 1.29 is 9.53 Å². The third kappa shape index (κ3) is 2.46. The average molecular weight is 264 g/mol. The number of aromatic nitrogens is 2. The van der Waals surface area contributed by atoms with Crippen LogP contribution in [0.1, 0.15) is 13.8 Å². The SMILES string of the molecule is COC(=O)C(C)(C)Cn1ccnc1-c1cccs1. The highest BCUT2D eigenvalue weighted by atomic mass is 32.1. The fourth-order valence-electron chi connectivity index (χ4n) is 1.83. The maximum absolute atomic E-state index is 11.7. The van der Waals surface area contributed by atoms with Gasteiger partial charge in [0.1, 0.15) is 5.82 Å². The zero-order valence-electron chi connectivity index (χ0n) is 10.7. The number of ether oxygens (including phenoxy) is 1. The van der Waals surface area contributed by atoms with E-state index in [9.17, 15) is 4.79 Å². The lowest BCUT2D eigenvalue weighted by molar-refractivity contribution is -0.151. The number of hydrogen-bond acceptors (Lipinski definition) is 4. The van der Waals surface area contributed by atoms with Crippen molar-refractivity contribution in [3.63, 3.8) is 0 Å². The van der Waals surface area contributed by atoms with Gasteiger partial charge in [-0.15, -0.1) is 11.3 Å². The van der Waals surface area contributed by atoms with Crippen molar-refractivity contribution in [2.24, 2.45) is 5.41 Å². The summed E-state index contributed by atoms with van der Waals surface area (Å²) < 4.78 is 6.81. The van der Waals surface area contributed by atoms with Crippen LogP contribution in [-0.4, -0.2) is 22.6 Å². The Bertz CT molecular complexity index is 529. The minimum Gasteiger partial charge on any atom is -0.469 e. The van der Waals surface area contributed by atoms with Crippen LogP contribution >= 0.6 is 11.3 Å². The van der Waals surface area contributed by atoms with Gasteiger partial charge in [-0.05, 0) is 25.3 Å². The molecule has 0 aromatic carbocycles. The molecule has 2 aromatic heterocycles. The van der Waals surface area contributed by atoms with E-state index in [1.165, 1.54) is 7.11 Å². The minimum absolute atomic E-state index is 0.215. The van der Waals surface area contributed by atoms with Crippen molar-refractivity contribution in [1.29, 1.82) is 0 Å². The van der Waals surface area contributed by atoms with E-state index >= 15 is 0 Å². The zero-order valence-corrected chi connectivity index (χ0v) is 11.5. The van der Waals surface area contributed by atoms with Gasteiger partial charge in [-0.2, -0.15) is 0 Å². The predicted octanol–water partition coefficient (Wildman–Crippen LogP) is 2.81. The number of carbonyl (C=O) groups excluding carboxylic acids is 1. The number of nitrogens with zero attached hydrogens (tertiary/aromatic N) is 2. The van der Waals surface area contributed by atoms with Gasteiger partial charge < -0.3 is 9.30 Å². The first kappa shape index (κ1) is 12.8. The highest BCUT2D eigenvalue weighted by Crippen LogP contribution is 2.27. The molecule has 0 amide bonds. The van der Waals surface area contributed by atoms with Gasteiger partial charge in [-0.3, -0.25) is 4.79 Å². The van der Waals surface area contributed by atoms with Gasteiger partial charge in [0.2, 0.25) is 0 Å². The fourth-order valence-corrected chi connectivity index (χ4v) is 2.57. The Hall–Kier alpha value is -1.62. The molecular weight excluding hydrogens is 248 g/mol. The summed E-state index contributed by atoms with van der Waals surface area (Å²) in [5.41, 5.74) is -0.568. The van der Waals surface area contributed by atoms with Crippen LogP contribution in [-0.2, 0) is 16.1 Å². The lowest BCUT2D eigenvalue weighted by Crippen LogP contribution is -2.30. The van der Waals surface area contributed by atoms with E-state index in [4.69, 9.17) is 4.74 Å². The quantitative estimate of drug-likeness (QED) is 0.798. The molecule has 0 aliphatic carbocycles. The van der Waals surface area contributed by atoms with Crippen LogP contribution < -0.4 is 0 Å². The maximum atomic E-state index is 11.7. The van der Waals surface area contributed by atoms with Gasteiger partial charge in [-0.1, -0.05) is 6.07 Å². The fraction of sp³-hybridized carbons (Fsp3) is 0.385. The molecule has 0 N–H and O–H groups in total. The number of esters is 1. The first-order chi connectivity index (χ1) is 8.54. The normalized spacial score (nSPS) is 11.5. The molecule has 0 unspecified atom stereocenters. The van der Waals surface area contributed by atoms with Gasteiger partial charge in [0.15, 0.2) is 0 Å². The molecule has 0 saturated heterocycles. The Morgan fingerprint density at radius 1 is 1.56 bits per heavy atom. The van der Waals surface area contributed by atoms with Crippen LogP contribution in [0.25, 0.3) is 10.7 Å². The van der Waals surface area contributed by atoms with Gasteiger partial charge in [0, 0.05) is 18.9 Å². The van der Waals surface area contributed by atoms with Gasteiger partial charge in [0.05, 0.1) is 17.4 Å². The standard InChI is InChI=1S/C13H16N2O2S/c1-13(2,12(16)17-3)9-15-7-6-14-11(15)10-5-4-8-18-10/h4-8H,9H2,1-3H3. The Balaban J connectivity index is 2.26. The maximum Gasteiger partial charge on any atom is 0.313 e. The van der Waals surface area contributed by atoms with Crippen LogP contribution in [0.15, 0.2) is 29.9 Å². The lowest BCUT2D eigenvalue weighted by Gasteiger charge is -2.22. The number of carbonyl (C=O) groups is 1. The van der Waals surface area contributed by atoms with E-state index in [1.807, 2.05) is 42.1 Å². The van der Waals surface area contributed by atoms with Crippen LogP contribution in [0.5, 0.6) is 0 Å². The summed E-state index contributed by atoms with van der Waals surface area (Å²) in [4.78, 5) is 17.2. The minimum atomic E-state index is -0.568. The molecule has 0 saturated carbocycles. The molecule has 2 aromatic rings. The summed E-state index contributed by atoms with van der Waals surface area (Å²) >= 11 is 1.64. The summed E-state index contributed by atoms with van der Waals surface area (Å²) in [5, 5.41) is 2.01. The molecule has 0 aliphatic rings. The Kier molecular flexibility index (Phi) is 3.52. The Morgan fingerprint density at radius 2 is 2.33 bits per heavy atom. The van der Waals surface area contributed by atoms with E-state index < -0.39 is 5.41 Å². The molecule has 0 fully saturated rings. The molecule has 18 heavy (non-hydrogen) atoms. The van der Waals surface area contributed by atoms with Crippen LogP contribution in [0.2, 0.25) is 0 Å². The summed E-state index contributed by atoms with van der Waals surface area (Å²) in [6.07, 6.45) is 3.64. The highest BCUT2D eigenvalue weighted by molar-refractivity contribution is 7.13. The van der Waals surface area contributed by atoms with Crippen molar-refractivity contribution in [3.8, 4) is 10.7 Å². The molecule has 96 valence electrons. The van der Waals surface area contributed by atoms with E-state index in [0.717, 1.165) is 10.7 Å². The second kappa shape index (κ2) is 4.94. The summed E-state index contributed by atoms with van der Waals surface area (Å²) in [7, 11) is 1.41. The molecule has 0 bridgehead atoms. The molecule has 0 spiro atoms. The Labute approximate surface area is 110 Å². The number of thiophene rings is 1. The third-order valence-electron chi connectivity index (χ3n) is 2.76. The van der Waals surface area contributed by atoms with Crippen molar-refractivity contribution >= 4 is 17.3 Å². The number of rotatable bonds is 4. The first-order valence-corrected chi connectivity index (χ1v) is 6.56. The highest BCUT2D eigenvalue weighted by Gasteiger charge is 2.30. The molecule has 0 aliphatic heterocycles. The van der Waals surface area contributed by atoms with Crippen LogP contribution in [0, 0.1) is 5.41 Å².